The van der Waals surface area contributed by atoms with E-state index in [2.05, 4.69) is 30.9 Å². The lowest BCUT2D eigenvalue weighted by molar-refractivity contribution is 0.678. The summed E-state index contributed by atoms with van der Waals surface area (Å²) >= 11 is 0. The molecule has 0 aliphatic heterocycles. The molecule has 0 unspecified atom stereocenters. The normalized spacial score (nSPS) is 10.4. The van der Waals surface area contributed by atoms with E-state index in [9.17, 15) is 0 Å². The first-order valence-electron chi connectivity index (χ1n) is 6.38. The Bertz CT molecular complexity index is 289. The molecule has 1 aromatic rings. The van der Waals surface area contributed by atoms with Crippen LogP contribution in [0.25, 0.3) is 0 Å². The molecule has 1 aromatic carbocycles. The number of rotatable bonds is 7. The van der Waals surface area contributed by atoms with E-state index in [-0.39, 0.29) is 0 Å². The van der Waals surface area contributed by atoms with Gasteiger partial charge in [0.05, 0.1) is 0 Å². The summed E-state index contributed by atoms with van der Waals surface area (Å²) < 4.78 is 0. The van der Waals surface area contributed by atoms with E-state index in [0.717, 1.165) is 18.8 Å². The summed E-state index contributed by atoms with van der Waals surface area (Å²) in [6, 6.07) is 8.21. The van der Waals surface area contributed by atoms with Crippen LogP contribution in [0.1, 0.15) is 39.5 Å². The number of nitrogen functional groups attached to an aromatic ring is 1. The zero-order valence-corrected chi connectivity index (χ0v) is 10.6. The molecule has 0 bridgehead atoms. The van der Waals surface area contributed by atoms with Gasteiger partial charge in [0, 0.05) is 24.5 Å². The van der Waals surface area contributed by atoms with Crippen LogP contribution < -0.4 is 10.6 Å². The number of anilines is 2. The Morgan fingerprint density at radius 2 is 1.69 bits per heavy atom. The van der Waals surface area contributed by atoms with Crippen LogP contribution in [0.2, 0.25) is 0 Å². The minimum Gasteiger partial charge on any atom is -0.399 e. The zero-order valence-electron chi connectivity index (χ0n) is 10.6. The van der Waals surface area contributed by atoms with Gasteiger partial charge in [-0.2, -0.15) is 0 Å². The van der Waals surface area contributed by atoms with Crippen molar-refractivity contribution < 1.29 is 0 Å². The molecule has 0 aliphatic rings. The maximum Gasteiger partial charge on any atom is 0.0386 e. The van der Waals surface area contributed by atoms with E-state index >= 15 is 0 Å². The van der Waals surface area contributed by atoms with Crippen molar-refractivity contribution in [2.75, 3.05) is 23.7 Å². The number of unbranched alkanes of at least 4 members (excludes halogenated alkanes) is 2. The third-order valence-electron chi connectivity index (χ3n) is 2.80. The quantitative estimate of drug-likeness (QED) is 0.710. The molecule has 0 spiro atoms. The van der Waals surface area contributed by atoms with Crippen LogP contribution in [0, 0.1) is 0 Å². The Labute approximate surface area is 99.5 Å². The van der Waals surface area contributed by atoms with E-state index in [1.807, 2.05) is 12.1 Å². The molecule has 0 radical (unpaired) electrons. The lowest BCUT2D eigenvalue weighted by atomic mass is 10.2. The molecule has 2 nitrogen and oxygen atoms in total. The van der Waals surface area contributed by atoms with E-state index in [1.54, 1.807) is 0 Å². The van der Waals surface area contributed by atoms with E-state index in [0.29, 0.717) is 0 Å². The van der Waals surface area contributed by atoms with Gasteiger partial charge in [-0.15, -0.1) is 0 Å². The maximum atomic E-state index is 5.83. The van der Waals surface area contributed by atoms with Gasteiger partial charge in [-0.3, -0.25) is 0 Å². The van der Waals surface area contributed by atoms with Gasteiger partial charge in [0.25, 0.3) is 0 Å². The van der Waals surface area contributed by atoms with Gasteiger partial charge in [-0.25, -0.2) is 0 Å². The molecular weight excluding hydrogens is 196 g/mol. The first-order chi connectivity index (χ1) is 7.77. The van der Waals surface area contributed by atoms with E-state index < -0.39 is 0 Å². The lowest BCUT2D eigenvalue weighted by Gasteiger charge is -2.24. The summed E-state index contributed by atoms with van der Waals surface area (Å²) in [7, 11) is 0. The second-order valence-electron chi connectivity index (χ2n) is 4.29. The van der Waals surface area contributed by atoms with Gasteiger partial charge in [-0.1, -0.05) is 32.8 Å². The molecule has 0 saturated carbocycles. The van der Waals surface area contributed by atoms with Crippen molar-refractivity contribution in [2.45, 2.75) is 39.5 Å². The highest BCUT2D eigenvalue weighted by atomic mass is 15.1. The highest BCUT2D eigenvalue weighted by molar-refractivity contribution is 5.55. The van der Waals surface area contributed by atoms with Gasteiger partial charge < -0.3 is 10.6 Å². The Morgan fingerprint density at radius 3 is 2.19 bits per heavy atom. The van der Waals surface area contributed by atoms with Crippen molar-refractivity contribution in [3.8, 4) is 0 Å². The molecule has 16 heavy (non-hydrogen) atoms. The highest BCUT2D eigenvalue weighted by Gasteiger charge is 2.05. The third kappa shape index (κ3) is 4.13. The molecule has 0 atom stereocenters. The van der Waals surface area contributed by atoms with Crippen LogP contribution >= 0.6 is 0 Å². The predicted molar refractivity (Wildman–Crippen MR) is 72.9 cm³/mol. The second kappa shape index (κ2) is 7.15. The zero-order chi connectivity index (χ0) is 11.8. The van der Waals surface area contributed by atoms with Crippen molar-refractivity contribution in [2.24, 2.45) is 0 Å². The average Bonchev–Trinajstić information content (AvgIpc) is 2.29. The molecule has 0 saturated heterocycles. The standard InChI is InChI=1S/C14H24N2/c1-3-5-10-16(11-6-4-2)14-9-7-8-13(15)12-14/h7-9,12H,3-6,10-11,15H2,1-2H3. The molecular formula is C14H24N2. The third-order valence-corrected chi connectivity index (χ3v) is 2.80. The summed E-state index contributed by atoms with van der Waals surface area (Å²) in [6.07, 6.45) is 4.98. The van der Waals surface area contributed by atoms with E-state index in [1.165, 1.54) is 31.4 Å². The molecule has 0 aliphatic carbocycles. The van der Waals surface area contributed by atoms with Crippen LogP contribution in [0.4, 0.5) is 11.4 Å². The van der Waals surface area contributed by atoms with Crippen LogP contribution in [-0.2, 0) is 0 Å². The summed E-state index contributed by atoms with van der Waals surface area (Å²) in [5.41, 5.74) is 7.95. The molecule has 2 heteroatoms. The fourth-order valence-corrected chi connectivity index (χ4v) is 1.79. The first-order valence-corrected chi connectivity index (χ1v) is 6.38. The number of hydrogen-bond donors (Lipinski definition) is 1. The van der Waals surface area contributed by atoms with Gasteiger partial charge >= 0.3 is 0 Å². The largest absolute Gasteiger partial charge is 0.399 e. The van der Waals surface area contributed by atoms with Gasteiger partial charge in [0.1, 0.15) is 0 Å². The Hall–Kier alpha value is -1.18. The summed E-state index contributed by atoms with van der Waals surface area (Å²) in [6.45, 7) is 6.74. The fourth-order valence-electron chi connectivity index (χ4n) is 1.79. The summed E-state index contributed by atoms with van der Waals surface area (Å²) in [5.74, 6) is 0. The van der Waals surface area contributed by atoms with Crippen LogP contribution in [0.15, 0.2) is 24.3 Å². The molecule has 1 rings (SSSR count). The predicted octanol–water partition coefficient (Wildman–Crippen LogP) is 3.68. The van der Waals surface area contributed by atoms with Crippen LogP contribution in [0.3, 0.4) is 0 Å². The van der Waals surface area contributed by atoms with Gasteiger partial charge in [-0.05, 0) is 31.0 Å². The van der Waals surface area contributed by atoms with Crippen LogP contribution in [0.5, 0.6) is 0 Å². The molecule has 0 amide bonds. The van der Waals surface area contributed by atoms with Gasteiger partial charge in [0.15, 0.2) is 0 Å². The SMILES string of the molecule is CCCCN(CCCC)c1cccc(N)c1. The second-order valence-corrected chi connectivity index (χ2v) is 4.29. The van der Waals surface area contributed by atoms with Gasteiger partial charge in [0.2, 0.25) is 0 Å². The number of benzene rings is 1. The summed E-state index contributed by atoms with van der Waals surface area (Å²) in [5, 5.41) is 0. The smallest absolute Gasteiger partial charge is 0.0386 e. The number of nitrogens with two attached hydrogens (primary N) is 1. The number of nitrogens with zero attached hydrogens (tertiary/aromatic N) is 1. The Morgan fingerprint density at radius 1 is 1.06 bits per heavy atom. The Kier molecular flexibility index (Phi) is 5.76. The molecule has 0 fully saturated rings. The Balaban J connectivity index is 2.66. The fraction of sp³-hybridized carbons (Fsp3) is 0.571. The minimum absolute atomic E-state index is 0.857. The van der Waals surface area contributed by atoms with Crippen LogP contribution in [-0.4, -0.2) is 13.1 Å². The van der Waals surface area contributed by atoms with E-state index in [4.69, 9.17) is 5.73 Å². The lowest BCUT2D eigenvalue weighted by Crippen LogP contribution is -2.25. The molecule has 90 valence electrons. The minimum atomic E-state index is 0.857. The maximum absolute atomic E-state index is 5.83. The molecule has 2 N–H and O–H groups in total. The first kappa shape index (κ1) is 12.9. The van der Waals surface area contributed by atoms with Crippen molar-refractivity contribution >= 4 is 11.4 Å². The van der Waals surface area contributed by atoms with Crippen molar-refractivity contribution in [1.82, 2.24) is 0 Å². The van der Waals surface area contributed by atoms with Crippen molar-refractivity contribution in [3.63, 3.8) is 0 Å². The average molecular weight is 220 g/mol. The highest BCUT2D eigenvalue weighted by Crippen LogP contribution is 2.18. The van der Waals surface area contributed by atoms with Crippen molar-refractivity contribution in [1.29, 1.82) is 0 Å². The molecule has 0 heterocycles. The van der Waals surface area contributed by atoms with Crippen molar-refractivity contribution in [3.05, 3.63) is 24.3 Å². The number of hydrogen-bond acceptors (Lipinski definition) is 2. The molecule has 0 aromatic heterocycles. The summed E-state index contributed by atoms with van der Waals surface area (Å²) in [4.78, 5) is 2.45. The monoisotopic (exact) mass is 220 g/mol. The topological polar surface area (TPSA) is 29.3 Å².